The fourth-order valence-electron chi connectivity index (χ4n) is 2.60. The molecule has 0 radical (unpaired) electrons. The summed E-state index contributed by atoms with van der Waals surface area (Å²) >= 11 is 0. The number of hydrogen-bond acceptors (Lipinski definition) is 5. The summed E-state index contributed by atoms with van der Waals surface area (Å²) in [5.41, 5.74) is 3.79. The van der Waals surface area contributed by atoms with Gasteiger partial charge in [0.2, 0.25) is 5.91 Å². The molecule has 3 aromatic rings. The Morgan fingerprint density at radius 2 is 1.96 bits per heavy atom. The van der Waals surface area contributed by atoms with Gasteiger partial charge in [-0.05, 0) is 44.0 Å². The van der Waals surface area contributed by atoms with Crippen LogP contribution in [-0.4, -0.2) is 15.7 Å². The van der Waals surface area contributed by atoms with Crippen LogP contribution in [0.5, 0.6) is 0 Å². The summed E-state index contributed by atoms with van der Waals surface area (Å²) in [6.07, 6.45) is 1.45. The van der Waals surface area contributed by atoms with E-state index in [1.165, 1.54) is 6.26 Å². The molecule has 0 aliphatic heterocycles. The van der Waals surface area contributed by atoms with E-state index in [1.54, 1.807) is 12.1 Å². The van der Waals surface area contributed by atoms with Crippen molar-refractivity contribution in [3.05, 3.63) is 57.8 Å². The molecule has 0 bridgehead atoms. The fourth-order valence-corrected chi connectivity index (χ4v) is 2.60. The lowest BCUT2D eigenvalue weighted by atomic mass is 10.1. The number of benzene rings is 1. The molecule has 0 unspecified atom stereocenters. The lowest BCUT2D eigenvalue weighted by molar-refractivity contribution is -0.117. The van der Waals surface area contributed by atoms with Crippen molar-refractivity contribution in [3.63, 3.8) is 0 Å². The predicted octanol–water partition coefficient (Wildman–Crippen LogP) is 2.66. The van der Waals surface area contributed by atoms with E-state index < -0.39 is 5.76 Å². The highest BCUT2D eigenvalue weighted by atomic mass is 16.4. The quantitative estimate of drug-likeness (QED) is 0.795. The topological polar surface area (TPSA) is 90.3 Å². The number of amides is 1. The van der Waals surface area contributed by atoms with Crippen LogP contribution < -0.4 is 11.1 Å². The third kappa shape index (κ3) is 3.15. The van der Waals surface area contributed by atoms with Crippen molar-refractivity contribution in [2.24, 2.45) is 0 Å². The number of aromatic nitrogens is 2. The molecule has 1 amide bonds. The first-order valence-corrected chi connectivity index (χ1v) is 7.43. The Balaban J connectivity index is 1.78. The Labute approximate surface area is 137 Å². The van der Waals surface area contributed by atoms with Crippen LogP contribution >= 0.6 is 0 Å². The molecule has 0 fully saturated rings. The molecule has 0 saturated carbocycles. The molecule has 0 aliphatic carbocycles. The van der Waals surface area contributed by atoms with E-state index in [9.17, 15) is 9.59 Å². The summed E-state index contributed by atoms with van der Waals surface area (Å²) in [4.78, 5) is 24.1. The average Bonchev–Trinajstić information content (AvgIpc) is 3.13. The van der Waals surface area contributed by atoms with Gasteiger partial charge in [-0.1, -0.05) is 17.7 Å². The van der Waals surface area contributed by atoms with Crippen LogP contribution in [0.25, 0.3) is 11.7 Å². The Kier molecular flexibility index (Phi) is 4.07. The third-order valence-electron chi connectivity index (χ3n) is 3.57. The molecule has 0 atom stereocenters. The van der Waals surface area contributed by atoms with Crippen molar-refractivity contribution in [1.29, 1.82) is 0 Å². The summed E-state index contributed by atoms with van der Waals surface area (Å²) in [6.45, 7) is 5.60. The maximum Gasteiger partial charge on any atom is 0.437 e. The minimum Gasteiger partial charge on any atom is -0.459 e. The second kappa shape index (κ2) is 6.19. The number of nitrogens with one attached hydrogen (secondary N) is 1. The largest absolute Gasteiger partial charge is 0.459 e. The molecule has 7 nitrogen and oxygen atoms in total. The summed E-state index contributed by atoms with van der Waals surface area (Å²) in [6, 6.07) is 7.25. The number of anilines is 1. The zero-order valence-electron chi connectivity index (χ0n) is 13.6. The smallest absolute Gasteiger partial charge is 0.437 e. The Morgan fingerprint density at radius 3 is 2.58 bits per heavy atom. The van der Waals surface area contributed by atoms with Crippen LogP contribution in [0, 0.1) is 20.8 Å². The van der Waals surface area contributed by atoms with Gasteiger partial charge in [-0.2, -0.15) is 4.68 Å². The second-order valence-corrected chi connectivity index (χ2v) is 5.63. The number of rotatable bonds is 4. The van der Waals surface area contributed by atoms with Crippen molar-refractivity contribution in [2.45, 2.75) is 27.3 Å². The maximum absolute atomic E-state index is 12.2. The van der Waals surface area contributed by atoms with Gasteiger partial charge in [-0.3, -0.25) is 4.79 Å². The molecule has 2 heterocycles. The minimum absolute atomic E-state index is 0.0421. The molecule has 3 rings (SSSR count). The second-order valence-electron chi connectivity index (χ2n) is 5.63. The summed E-state index contributed by atoms with van der Waals surface area (Å²) in [7, 11) is 0. The monoisotopic (exact) mass is 327 g/mol. The van der Waals surface area contributed by atoms with Crippen LogP contribution in [0.4, 0.5) is 5.69 Å². The zero-order chi connectivity index (χ0) is 17.3. The highest BCUT2D eigenvalue weighted by Gasteiger charge is 2.16. The van der Waals surface area contributed by atoms with Crippen molar-refractivity contribution in [1.82, 2.24) is 9.78 Å². The van der Waals surface area contributed by atoms with Crippen molar-refractivity contribution in [3.8, 4) is 11.7 Å². The Bertz CT molecular complexity index is 912. The summed E-state index contributed by atoms with van der Waals surface area (Å²) in [5.74, 6) is -0.697. The maximum atomic E-state index is 12.2. The number of aryl methyl sites for hydroxylation is 3. The van der Waals surface area contributed by atoms with E-state index in [-0.39, 0.29) is 18.3 Å². The van der Waals surface area contributed by atoms with E-state index in [1.807, 2.05) is 32.9 Å². The number of hydrogen-bond donors (Lipinski definition) is 1. The van der Waals surface area contributed by atoms with Crippen LogP contribution in [0.15, 0.2) is 44.2 Å². The average molecular weight is 327 g/mol. The van der Waals surface area contributed by atoms with Gasteiger partial charge in [0, 0.05) is 5.69 Å². The molecule has 124 valence electrons. The lowest BCUT2D eigenvalue weighted by Crippen LogP contribution is -2.26. The van der Waals surface area contributed by atoms with Gasteiger partial charge >= 0.3 is 5.76 Å². The van der Waals surface area contributed by atoms with Gasteiger partial charge in [0.25, 0.3) is 5.89 Å². The highest BCUT2D eigenvalue weighted by Crippen LogP contribution is 2.22. The predicted molar refractivity (Wildman–Crippen MR) is 87.7 cm³/mol. The number of furan rings is 1. The molecule has 7 heteroatoms. The van der Waals surface area contributed by atoms with E-state index in [0.717, 1.165) is 27.1 Å². The van der Waals surface area contributed by atoms with E-state index in [2.05, 4.69) is 10.4 Å². The van der Waals surface area contributed by atoms with Gasteiger partial charge in [0.1, 0.15) is 6.54 Å². The van der Waals surface area contributed by atoms with Gasteiger partial charge in [0.15, 0.2) is 5.76 Å². The summed E-state index contributed by atoms with van der Waals surface area (Å²) in [5, 5.41) is 6.80. The number of carbonyl (C=O) groups excluding carboxylic acids is 1. The SMILES string of the molecule is Cc1cc(C)c(NC(=O)Cn2nc(-c3ccco3)oc2=O)c(C)c1. The number of carbonyl (C=O) groups is 1. The highest BCUT2D eigenvalue weighted by molar-refractivity contribution is 5.92. The van der Waals surface area contributed by atoms with Crippen molar-refractivity contribution < 1.29 is 13.6 Å². The molecule has 0 spiro atoms. The first kappa shape index (κ1) is 15.8. The molecule has 0 aliphatic rings. The first-order valence-electron chi connectivity index (χ1n) is 7.43. The fraction of sp³-hybridized carbons (Fsp3) is 0.235. The van der Waals surface area contributed by atoms with Gasteiger partial charge in [-0.25, -0.2) is 4.79 Å². The molecule has 24 heavy (non-hydrogen) atoms. The zero-order valence-corrected chi connectivity index (χ0v) is 13.6. The standard InChI is InChI=1S/C17H17N3O4/c1-10-7-11(2)15(12(3)8-10)18-14(21)9-20-17(22)24-16(19-20)13-5-4-6-23-13/h4-8H,9H2,1-3H3,(H,18,21). The van der Waals surface area contributed by atoms with Crippen molar-refractivity contribution in [2.75, 3.05) is 5.32 Å². The molecule has 2 aromatic heterocycles. The third-order valence-corrected chi connectivity index (χ3v) is 3.57. The molecular formula is C17H17N3O4. The van der Waals surface area contributed by atoms with Crippen LogP contribution in [0.2, 0.25) is 0 Å². The first-order chi connectivity index (χ1) is 11.4. The molecule has 1 aromatic carbocycles. The van der Waals surface area contributed by atoms with Gasteiger partial charge < -0.3 is 14.2 Å². The number of nitrogens with zero attached hydrogens (tertiary/aromatic N) is 2. The molecule has 1 N–H and O–H groups in total. The summed E-state index contributed by atoms with van der Waals surface area (Å²) < 4.78 is 11.1. The van der Waals surface area contributed by atoms with E-state index >= 15 is 0 Å². The van der Waals surface area contributed by atoms with E-state index in [4.69, 9.17) is 8.83 Å². The minimum atomic E-state index is -0.714. The van der Waals surface area contributed by atoms with Crippen LogP contribution in [0.3, 0.4) is 0 Å². The molecular weight excluding hydrogens is 310 g/mol. The molecule has 0 saturated heterocycles. The van der Waals surface area contributed by atoms with Crippen LogP contribution in [-0.2, 0) is 11.3 Å². The van der Waals surface area contributed by atoms with Gasteiger partial charge in [0.05, 0.1) is 6.26 Å². The normalized spacial score (nSPS) is 10.8. The Hall–Kier alpha value is -3.09. The van der Waals surface area contributed by atoms with Crippen molar-refractivity contribution >= 4 is 11.6 Å². The Morgan fingerprint density at radius 1 is 1.25 bits per heavy atom. The van der Waals surface area contributed by atoms with Crippen LogP contribution in [0.1, 0.15) is 16.7 Å². The lowest BCUT2D eigenvalue weighted by Gasteiger charge is -2.12. The van der Waals surface area contributed by atoms with E-state index in [0.29, 0.717) is 5.76 Å². The van der Waals surface area contributed by atoms with Gasteiger partial charge in [-0.15, -0.1) is 5.10 Å².